The van der Waals surface area contributed by atoms with Crippen LogP contribution < -0.4 is 14.8 Å². The summed E-state index contributed by atoms with van der Waals surface area (Å²) in [7, 11) is -4.38. The lowest BCUT2D eigenvalue weighted by atomic mass is 9.93. The van der Waals surface area contributed by atoms with Gasteiger partial charge in [0.05, 0.1) is 17.9 Å². The molecule has 4 rings (SSSR count). The lowest BCUT2D eigenvalue weighted by molar-refractivity contribution is 0.0130. The van der Waals surface area contributed by atoms with Crippen molar-refractivity contribution in [1.82, 2.24) is 19.6 Å². The highest BCUT2D eigenvalue weighted by Crippen LogP contribution is 2.36. The van der Waals surface area contributed by atoms with Crippen molar-refractivity contribution in [2.24, 2.45) is 11.8 Å². The van der Waals surface area contributed by atoms with Gasteiger partial charge in [-0.15, -0.1) is 0 Å². The number of carbonyl (C=O) groups is 2. The van der Waals surface area contributed by atoms with E-state index in [1.165, 1.54) is 36.4 Å². The number of sulfonamides is 1. The maximum absolute atomic E-state index is 14.5. The molecule has 1 saturated heterocycles. The van der Waals surface area contributed by atoms with Gasteiger partial charge in [-0.25, -0.2) is 23.9 Å². The van der Waals surface area contributed by atoms with Crippen LogP contribution in [0.5, 0.6) is 5.75 Å². The van der Waals surface area contributed by atoms with Crippen LogP contribution in [0.4, 0.5) is 15.0 Å². The van der Waals surface area contributed by atoms with Gasteiger partial charge in [-0.05, 0) is 109 Å². The third kappa shape index (κ3) is 11.5. The number of unbranched alkanes of at least 4 members (excludes halogenated alkanes) is 1. The van der Waals surface area contributed by atoms with Crippen LogP contribution in [0.1, 0.15) is 97.3 Å². The van der Waals surface area contributed by atoms with Gasteiger partial charge in [0.25, 0.3) is 15.9 Å². The van der Waals surface area contributed by atoms with Gasteiger partial charge < -0.3 is 19.7 Å². The normalized spacial score (nSPS) is 16.3. The first-order chi connectivity index (χ1) is 24.4. The summed E-state index contributed by atoms with van der Waals surface area (Å²) in [5, 5.41) is 2.54. The number of benzene rings is 1. The fourth-order valence-corrected chi connectivity index (χ4v) is 7.33. The average molecular weight is 760 g/mol. The van der Waals surface area contributed by atoms with Crippen LogP contribution in [0.15, 0.2) is 53.6 Å². The summed E-state index contributed by atoms with van der Waals surface area (Å²) < 4.78 is 54.2. The largest absolute Gasteiger partial charge is 0.493 e. The first-order valence-electron chi connectivity index (χ1n) is 17.8. The summed E-state index contributed by atoms with van der Waals surface area (Å²) in [4.78, 5) is 36.0. The molecule has 2 N–H and O–H groups in total. The Morgan fingerprint density at radius 1 is 1.12 bits per heavy atom. The number of amides is 2. The van der Waals surface area contributed by atoms with Crippen molar-refractivity contribution in [3.8, 4) is 17.0 Å². The van der Waals surface area contributed by atoms with Crippen molar-refractivity contribution in [2.45, 2.75) is 103 Å². The van der Waals surface area contributed by atoms with Gasteiger partial charge in [0, 0.05) is 30.3 Å². The molecule has 1 unspecified atom stereocenters. The third-order valence-electron chi connectivity index (χ3n) is 8.74. The second kappa shape index (κ2) is 17.2. The van der Waals surface area contributed by atoms with E-state index in [4.69, 9.17) is 21.1 Å². The van der Waals surface area contributed by atoms with Crippen molar-refractivity contribution in [3.63, 3.8) is 0 Å². The quantitative estimate of drug-likeness (QED) is 0.115. The van der Waals surface area contributed by atoms with E-state index in [9.17, 15) is 22.4 Å². The minimum Gasteiger partial charge on any atom is -0.493 e. The number of anilines is 1. The Labute approximate surface area is 312 Å². The predicted octanol–water partition coefficient (Wildman–Crippen LogP) is 8.49. The van der Waals surface area contributed by atoms with Crippen LogP contribution >= 0.6 is 11.6 Å². The molecule has 2 aromatic heterocycles. The Morgan fingerprint density at radius 2 is 1.87 bits per heavy atom. The molecule has 52 heavy (non-hydrogen) atoms. The van der Waals surface area contributed by atoms with Gasteiger partial charge >= 0.3 is 6.09 Å². The minimum atomic E-state index is -4.38. The number of aromatic nitrogens is 2. The Kier molecular flexibility index (Phi) is 13.5. The fraction of sp³-hybridized carbons (Fsp3) is 0.526. The first-order valence-corrected chi connectivity index (χ1v) is 19.6. The number of nitrogens with zero attached hydrogens (tertiary/aromatic N) is 3. The zero-order valence-electron chi connectivity index (χ0n) is 31.1. The molecule has 3 heterocycles. The molecule has 0 radical (unpaired) electrons. The molecule has 1 aliphatic heterocycles. The molecule has 2 atom stereocenters. The van der Waals surface area contributed by atoms with Crippen molar-refractivity contribution in [1.29, 1.82) is 0 Å². The monoisotopic (exact) mass is 759 g/mol. The minimum absolute atomic E-state index is 0.179. The van der Waals surface area contributed by atoms with E-state index in [0.29, 0.717) is 48.7 Å². The molecule has 0 bridgehead atoms. The maximum atomic E-state index is 14.5. The Hall–Kier alpha value is -3.97. The summed E-state index contributed by atoms with van der Waals surface area (Å²) in [6, 6.07) is 11.4. The van der Waals surface area contributed by atoms with E-state index in [0.717, 1.165) is 38.5 Å². The topological polar surface area (TPSA) is 140 Å². The molecule has 11 nitrogen and oxygen atoms in total. The van der Waals surface area contributed by atoms with Gasteiger partial charge in [0.2, 0.25) is 0 Å². The van der Waals surface area contributed by atoms with E-state index >= 15 is 0 Å². The number of nitrogens with one attached hydrogen (secondary N) is 2. The van der Waals surface area contributed by atoms with Gasteiger partial charge in [-0.2, -0.15) is 8.42 Å². The zero-order chi connectivity index (χ0) is 38.3. The van der Waals surface area contributed by atoms with Crippen LogP contribution in [-0.2, 0) is 14.8 Å². The number of ether oxygens (including phenoxy) is 2. The Bertz CT molecular complexity index is 1830. The summed E-state index contributed by atoms with van der Waals surface area (Å²) in [6.45, 7) is 15.4. The second-order valence-electron chi connectivity index (χ2n) is 15.1. The lowest BCUT2D eigenvalue weighted by Crippen LogP contribution is -2.45. The van der Waals surface area contributed by atoms with E-state index in [2.05, 4.69) is 29.1 Å². The summed E-state index contributed by atoms with van der Waals surface area (Å²) in [6.07, 6.45) is 5.33. The van der Waals surface area contributed by atoms with Crippen LogP contribution in [0.25, 0.3) is 11.3 Å². The number of pyridine rings is 2. The number of rotatable bonds is 15. The van der Waals surface area contributed by atoms with E-state index in [-0.39, 0.29) is 33.1 Å². The molecule has 0 spiro atoms. The Morgan fingerprint density at radius 3 is 2.56 bits per heavy atom. The van der Waals surface area contributed by atoms with Crippen LogP contribution in [0.3, 0.4) is 0 Å². The van der Waals surface area contributed by atoms with Crippen LogP contribution in [0.2, 0.25) is 5.15 Å². The van der Waals surface area contributed by atoms with Crippen molar-refractivity contribution in [3.05, 3.63) is 65.1 Å². The molecule has 284 valence electrons. The predicted molar refractivity (Wildman–Crippen MR) is 201 cm³/mol. The highest BCUT2D eigenvalue weighted by atomic mass is 35.5. The smallest absolute Gasteiger partial charge is 0.410 e. The highest BCUT2D eigenvalue weighted by molar-refractivity contribution is 7.90. The van der Waals surface area contributed by atoms with Crippen LogP contribution in [0, 0.1) is 17.7 Å². The average Bonchev–Trinajstić information content (AvgIpc) is 3.37. The molecular weight excluding hydrogens is 709 g/mol. The Balaban J connectivity index is 1.33. The number of halogens is 2. The molecule has 0 aliphatic carbocycles. The molecule has 0 saturated carbocycles. The van der Waals surface area contributed by atoms with Crippen molar-refractivity contribution >= 4 is 39.4 Å². The number of likely N-dealkylation sites (tertiary alicyclic amines) is 1. The molecular formula is C38H51ClFN5O6S. The molecule has 14 heteroatoms. The molecule has 3 aromatic rings. The third-order valence-corrected chi connectivity index (χ3v) is 10.3. The van der Waals surface area contributed by atoms with Gasteiger partial charge in [-0.3, -0.25) is 4.79 Å². The highest BCUT2D eigenvalue weighted by Gasteiger charge is 2.42. The van der Waals surface area contributed by atoms with E-state index < -0.39 is 27.3 Å². The van der Waals surface area contributed by atoms with Gasteiger partial charge in [-0.1, -0.05) is 44.4 Å². The SMILES string of the molecule is CCCCC(C)COc1cc(F)cc(-c2ccc(C(=O)NS(=O)(=O)c3cccc(NCCC[C@@H]4CN(C(=O)OC(C)(C)C)C(C)(C)C4)n3)c(Cl)n2)c1. The maximum Gasteiger partial charge on any atom is 0.410 e. The van der Waals surface area contributed by atoms with E-state index in [1.807, 2.05) is 39.3 Å². The van der Waals surface area contributed by atoms with Crippen molar-refractivity contribution < 1.29 is 31.9 Å². The first kappa shape index (κ1) is 40.8. The van der Waals surface area contributed by atoms with E-state index in [1.54, 1.807) is 17.0 Å². The summed E-state index contributed by atoms with van der Waals surface area (Å²) in [5.41, 5.74) is -0.390. The molecule has 2 amide bonds. The number of carbonyl (C=O) groups excluding carboxylic acids is 2. The number of hydrogen-bond donors (Lipinski definition) is 2. The number of hydrogen-bond acceptors (Lipinski definition) is 9. The lowest BCUT2D eigenvalue weighted by Gasteiger charge is -2.33. The van der Waals surface area contributed by atoms with Crippen molar-refractivity contribution in [2.75, 3.05) is 25.0 Å². The molecule has 1 aliphatic rings. The molecule has 1 aromatic carbocycles. The summed E-state index contributed by atoms with van der Waals surface area (Å²) >= 11 is 6.34. The molecule has 1 fully saturated rings. The van der Waals surface area contributed by atoms with Gasteiger partial charge in [0.1, 0.15) is 28.1 Å². The zero-order valence-corrected chi connectivity index (χ0v) is 32.7. The fourth-order valence-electron chi connectivity index (χ4n) is 6.15. The van der Waals surface area contributed by atoms with Gasteiger partial charge in [0.15, 0.2) is 5.03 Å². The van der Waals surface area contributed by atoms with Crippen LogP contribution in [-0.4, -0.2) is 66.1 Å². The second-order valence-corrected chi connectivity index (χ2v) is 17.1. The summed E-state index contributed by atoms with van der Waals surface area (Å²) in [5.74, 6) is -0.234. The standard InChI is InChI=1S/C38H51ClFN5O6S/c1-8-9-12-25(2)24-50-29-20-27(19-28(40)21-29)31-17-16-30(34(39)42-31)35(46)44-52(48,49)33-15-10-14-32(43-33)41-18-11-13-26-22-38(6,7)45(23-26)36(47)51-37(3,4)5/h10,14-17,19-21,25-26H,8-9,11-13,18,22-24H2,1-7H3,(H,41,43)(H,44,46)/t25?,26-/m0/s1.